The highest BCUT2D eigenvalue weighted by atomic mass is 16.2. The minimum atomic E-state index is -0.0242. The van der Waals surface area contributed by atoms with Crippen LogP contribution in [0.1, 0.15) is 38.7 Å². The molecule has 0 bridgehead atoms. The predicted molar refractivity (Wildman–Crippen MR) is 99.4 cm³/mol. The number of piperidine rings is 1. The molecule has 2 heterocycles. The number of nitrogens with one attached hydrogen (secondary N) is 1. The number of amides is 1. The van der Waals surface area contributed by atoms with Gasteiger partial charge in [0.15, 0.2) is 0 Å². The molecule has 3 rings (SSSR count). The molecule has 24 heavy (non-hydrogen) atoms. The number of para-hydroxylation sites is 1. The van der Waals surface area contributed by atoms with Crippen LogP contribution in [-0.2, 0) is 11.2 Å². The average Bonchev–Trinajstić information content (AvgIpc) is 2.95. The number of carbonyl (C=O) groups is 1. The quantitative estimate of drug-likeness (QED) is 0.902. The molecule has 2 aliphatic rings. The molecule has 0 spiro atoms. The topological polar surface area (TPSA) is 35.6 Å². The van der Waals surface area contributed by atoms with E-state index in [1.807, 2.05) is 18.0 Å². The first-order chi connectivity index (χ1) is 11.6. The van der Waals surface area contributed by atoms with Crippen molar-refractivity contribution in [2.45, 2.75) is 51.6 Å². The minimum Gasteiger partial charge on any atom is -0.320 e. The smallest absolute Gasteiger partial charge is 0.244 e. The molecular weight excluding hydrogens is 298 g/mol. The molecule has 2 aliphatic heterocycles. The maximum absolute atomic E-state index is 13.1. The van der Waals surface area contributed by atoms with Crippen LogP contribution in [0.25, 0.3) is 0 Å². The van der Waals surface area contributed by atoms with Gasteiger partial charge in [0.2, 0.25) is 5.91 Å². The zero-order valence-corrected chi connectivity index (χ0v) is 15.3. The standard InChI is InChI=1S/C20H31N3O/c1-15-14-18-6-4-5-7-19(18)23(15)20(24)16(2)22-12-9-17(10-13-22)8-11-21-3/h4-7,15-17,21H,8-14H2,1-3H3. The van der Waals surface area contributed by atoms with Crippen LogP contribution in [0.2, 0.25) is 0 Å². The van der Waals surface area contributed by atoms with Crippen LogP contribution in [-0.4, -0.2) is 49.6 Å². The summed E-state index contributed by atoms with van der Waals surface area (Å²) in [7, 11) is 2.02. The molecule has 4 nitrogen and oxygen atoms in total. The van der Waals surface area contributed by atoms with Crippen molar-refractivity contribution in [1.29, 1.82) is 0 Å². The first-order valence-electron chi connectivity index (χ1n) is 9.41. The van der Waals surface area contributed by atoms with Gasteiger partial charge in [0.25, 0.3) is 0 Å². The minimum absolute atomic E-state index is 0.0242. The monoisotopic (exact) mass is 329 g/mol. The van der Waals surface area contributed by atoms with E-state index in [-0.39, 0.29) is 18.0 Å². The average molecular weight is 329 g/mol. The van der Waals surface area contributed by atoms with E-state index in [1.165, 1.54) is 24.8 Å². The Bertz CT molecular complexity index is 566. The normalized spacial score (nSPS) is 23.3. The van der Waals surface area contributed by atoms with Gasteiger partial charge in [-0.3, -0.25) is 9.69 Å². The largest absolute Gasteiger partial charge is 0.320 e. The van der Waals surface area contributed by atoms with Gasteiger partial charge < -0.3 is 10.2 Å². The first-order valence-corrected chi connectivity index (χ1v) is 9.41. The fourth-order valence-corrected chi connectivity index (χ4v) is 4.24. The van der Waals surface area contributed by atoms with Crippen LogP contribution in [0.3, 0.4) is 0 Å². The Morgan fingerprint density at radius 3 is 2.71 bits per heavy atom. The van der Waals surface area contributed by atoms with Crippen LogP contribution in [0.5, 0.6) is 0 Å². The summed E-state index contributed by atoms with van der Waals surface area (Å²) in [5, 5.41) is 3.24. The molecule has 132 valence electrons. The summed E-state index contributed by atoms with van der Waals surface area (Å²) in [4.78, 5) is 17.6. The number of carbonyl (C=O) groups excluding carboxylic acids is 1. The van der Waals surface area contributed by atoms with E-state index in [2.05, 4.69) is 42.3 Å². The Hall–Kier alpha value is -1.39. The second-order valence-corrected chi connectivity index (χ2v) is 7.44. The summed E-state index contributed by atoms with van der Waals surface area (Å²) in [5.41, 5.74) is 2.42. The van der Waals surface area contributed by atoms with E-state index in [1.54, 1.807) is 0 Å². The van der Waals surface area contributed by atoms with Crippen LogP contribution in [0.4, 0.5) is 5.69 Å². The molecule has 0 aliphatic carbocycles. The van der Waals surface area contributed by atoms with Gasteiger partial charge in [-0.2, -0.15) is 0 Å². The van der Waals surface area contributed by atoms with Gasteiger partial charge in [-0.1, -0.05) is 18.2 Å². The fourth-order valence-electron chi connectivity index (χ4n) is 4.24. The lowest BCUT2D eigenvalue weighted by Crippen LogP contribution is -2.51. The van der Waals surface area contributed by atoms with Crippen molar-refractivity contribution in [1.82, 2.24) is 10.2 Å². The van der Waals surface area contributed by atoms with E-state index in [0.29, 0.717) is 0 Å². The first kappa shape index (κ1) is 17.4. The number of benzene rings is 1. The lowest BCUT2D eigenvalue weighted by Gasteiger charge is -2.37. The second-order valence-electron chi connectivity index (χ2n) is 7.44. The van der Waals surface area contributed by atoms with Gasteiger partial charge >= 0.3 is 0 Å². The van der Waals surface area contributed by atoms with Crippen molar-refractivity contribution >= 4 is 11.6 Å². The second kappa shape index (κ2) is 7.66. The van der Waals surface area contributed by atoms with E-state index >= 15 is 0 Å². The lowest BCUT2D eigenvalue weighted by atomic mass is 9.92. The van der Waals surface area contributed by atoms with Crippen molar-refractivity contribution in [2.75, 3.05) is 31.6 Å². The number of anilines is 1. The van der Waals surface area contributed by atoms with E-state index in [4.69, 9.17) is 0 Å². The molecule has 2 atom stereocenters. The Balaban J connectivity index is 1.62. The summed E-state index contributed by atoms with van der Waals surface area (Å²) in [5.74, 6) is 1.07. The highest BCUT2D eigenvalue weighted by molar-refractivity contribution is 5.99. The molecule has 1 aromatic rings. The maximum Gasteiger partial charge on any atom is 0.244 e. The summed E-state index contributed by atoms with van der Waals surface area (Å²) in [6.07, 6.45) is 4.65. The van der Waals surface area contributed by atoms with Crippen LogP contribution in [0.15, 0.2) is 24.3 Å². The number of likely N-dealkylation sites (tertiary alicyclic amines) is 1. The Labute approximate surface area is 146 Å². The SMILES string of the molecule is CNCCC1CCN(C(C)C(=O)N2c3ccccc3CC2C)CC1. The third kappa shape index (κ3) is 3.50. The molecule has 2 unspecified atom stereocenters. The summed E-state index contributed by atoms with van der Waals surface area (Å²) >= 11 is 0. The Morgan fingerprint density at radius 2 is 2.00 bits per heavy atom. The lowest BCUT2D eigenvalue weighted by molar-refractivity contribution is -0.124. The van der Waals surface area contributed by atoms with Crippen LogP contribution >= 0.6 is 0 Å². The molecule has 0 radical (unpaired) electrons. The van der Waals surface area contributed by atoms with E-state index < -0.39 is 0 Å². The highest BCUT2D eigenvalue weighted by Gasteiger charge is 2.35. The number of hydrogen-bond donors (Lipinski definition) is 1. The molecule has 1 aromatic carbocycles. The zero-order chi connectivity index (χ0) is 17.1. The fraction of sp³-hybridized carbons (Fsp3) is 0.650. The van der Waals surface area contributed by atoms with Gasteiger partial charge in [0, 0.05) is 11.7 Å². The molecule has 0 aromatic heterocycles. The molecular formula is C20H31N3O. The summed E-state index contributed by atoms with van der Waals surface area (Å²) in [6, 6.07) is 8.59. The Morgan fingerprint density at radius 1 is 1.29 bits per heavy atom. The Kier molecular flexibility index (Phi) is 5.57. The van der Waals surface area contributed by atoms with Gasteiger partial charge in [0.1, 0.15) is 0 Å². The molecule has 1 fully saturated rings. The predicted octanol–water partition coefficient (Wildman–Crippen LogP) is 2.67. The van der Waals surface area contributed by atoms with Crippen molar-refractivity contribution in [3.8, 4) is 0 Å². The van der Waals surface area contributed by atoms with Gasteiger partial charge in [-0.25, -0.2) is 0 Å². The zero-order valence-electron chi connectivity index (χ0n) is 15.3. The van der Waals surface area contributed by atoms with Gasteiger partial charge in [0.05, 0.1) is 6.04 Å². The van der Waals surface area contributed by atoms with Crippen molar-refractivity contribution < 1.29 is 4.79 Å². The molecule has 1 saturated heterocycles. The molecule has 4 heteroatoms. The van der Waals surface area contributed by atoms with E-state index in [9.17, 15) is 4.79 Å². The van der Waals surface area contributed by atoms with E-state index in [0.717, 1.165) is 37.7 Å². The number of rotatable bonds is 5. The third-order valence-electron chi connectivity index (χ3n) is 5.80. The molecule has 0 saturated carbocycles. The van der Waals surface area contributed by atoms with Gasteiger partial charge in [-0.05, 0) is 83.8 Å². The van der Waals surface area contributed by atoms with Crippen molar-refractivity contribution in [3.05, 3.63) is 29.8 Å². The highest BCUT2D eigenvalue weighted by Crippen LogP contribution is 2.33. The van der Waals surface area contributed by atoms with Crippen molar-refractivity contribution in [2.24, 2.45) is 5.92 Å². The number of hydrogen-bond acceptors (Lipinski definition) is 3. The molecule has 1 amide bonds. The van der Waals surface area contributed by atoms with Crippen LogP contribution in [0, 0.1) is 5.92 Å². The summed E-state index contributed by atoms with van der Waals surface area (Å²) in [6.45, 7) is 7.44. The summed E-state index contributed by atoms with van der Waals surface area (Å²) < 4.78 is 0. The number of fused-ring (bicyclic) bond motifs is 1. The molecule has 1 N–H and O–H groups in total. The van der Waals surface area contributed by atoms with Gasteiger partial charge in [-0.15, -0.1) is 0 Å². The van der Waals surface area contributed by atoms with Crippen LogP contribution < -0.4 is 10.2 Å². The third-order valence-corrected chi connectivity index (χ3v) is 5.80. The number of nitrogens with zero attached hydrogens (tertiary/aromatic N) is 2. The van der Waals surface area contributed by atoms with Crippen molar-refractivity contribution in [3.63, 3.8) is 0 Å². The maximum atomic E-state index is 13.1.